The molecule has 0 atom stereocenters. The zero-order chi connectivity index (χ0) is 10.8. The molecule has 2 N–H and O–H groups in total. The lowest BCUT2D eigenvalue weighted by Gasteiger charge is -2.04. The molecule has 0 unspecified atom stereocenters. The Balaban J connectivity index is 2.71. The Morgan fingerprint density at radius 3 is 3.00 bits per heavy atom. The molecular weight excluding hydrogens is 196 g/mol. The van der Waals surface area contributed by atoms with Gasteiger partial charge in [0.1, 0.15) is 5.69 Å². The van der Waals surface area contributed by atoms with E-state index in [4.69, 9.17) is 10.5 Å². The molecule has 6 heteroatoms. The molecule has 0 saturated carbocycles. The molecule has 15 heavy (non-hydrogen) atoms. The van der Waals surface area contributed by atoms with Crippen LogP contribution >= 0.6 is 0 Å². The number of imidazole rings is 1. The first-order valence-electron chi connectivity index (χ1n) is 4.36. The van der Waals surface area contributed by atoms with E-state index in [2.05, 4.69) is 9.97 Å². The number of hydrogen-bond acceptors (Lipinski definition) is 5. The Hall–Kier alpha value is -1.95. The van der Waals surface area contributed by atoms with Crippen LogP contribution < -0.4 is 10.5 Å². The van der Waals surface area contributed by atoms with E-state index in [1.807, 2.05) is 0 Å². The number of nitrogens with two attached hydrogens (primary N) is 1. The van der Waals surface area contributed by atoms with Crippen LogP contribution in [-0.2, 0) is 0 Å². The number of aromatic nitrogens is 3. The van der Waals surface area contributed by atoms with Gasteiger partial charge in [-0.05, 0) is 0 Å². The summed E-state index contributed by atoms with van der Waals surface area (Å²) in [7, 11) is 1.51. The highest BCUT2D eigenvalue weighted by molar-refractivity contribution is 5.96. The first kappa shape index (κ1) is 9.60. The number of hydrogen-bond donors (Lipinski definition) is 1. The van der Waals surface area contributed by atoms with Crippen LogP contribution in [0, 0.1) is 0 Å². The predicted molar refractivity (Wildman–Crippen MR) is 52.9 cm³/mol. The van der Waals surface area contributed by atoms with Crippen LogP contribution in [0.25, 0.3) is 5.65 Å². The largest absolute Gasteiger partial charge is 0.481 e. The summed E-state index contributed by atoms with van der Waals surface area (Å²) in [5.74, 6) is 0.272. The highest BCUT2D eigenvalue weighted by Crippen LogP contribution is 2.15. The van der Waals surface area contributed by atoms with Gasteiger partial charge in [-0.2, -0.15) is 0 Å². The van der Waals surface area contributed by atoms with Gasteiger partial charge in [-0.15, -0.1) is 0 Å². The molecule has 2 aromatic heterocycles. The van der Waals surface area contributed by atoms with Crippen LogP contribution in [0.5, 0.6) is 5.88 Å². The molecule has 0 aliphatic heterocycles. The average molecular weight is 206 g/mol. The molecule has 0 bridgehead atoms. The van der Waals surface area contributed by atoms with Gasteiger partial charge in [-0.3, -0.25) is 14.2 Å². The first-order valence-corrected chi connectivity index (χ1v) is 4.36. The van der Waals surface area contributed by atoms with Crippen molar-refractivity contribution < 1.29 is 9.53 Å². The topological polar surface area (TPSA) is 82.5 Å². The standard InChI is InChI=1S/C9H10N4O2/c1-15-9-5-11-4-8-12-3-6(13(8)9)7(14)2-10/h3-5H,2,10H2,1H3. The number of carbonyl (C=O) groups is 1. The number of carbonyl (C=O) groups excluding carboxylic acids is 1. The maximum atomic E-state index is 11.5. The zero-order valence-electron chi connectivity index (χ0n) is 8.17. The summed E-state index contributed by atoms with van der Waals surface area (Å²) in [5, 5.41) is 0. The SMILES string of the molecule is COc1cncc2ncc(C(=O)CN)n12. The third kappa shape index (κ3) is 1.44. The average Bonchev–Trinajstić information content (AvgIpc) is 2.71. The summed E-state index contributed by atoms with van der Waals surface area (Å²) >= 11 is 0. The number of ether oxygens (including phenoxy) is 1. The molecule has 2 rings (SSSR count). The van der Waals surface area contributed by atoms with E-state index < -0.39 is 0 Å². The Bertz CT molecular complexity index is 506. The van der Waals surface area contributed by atoms with Crippen LogP contribution in [0.4, 0.5) is 0 Å². The quantitative estimate of drug-likeness (QED) is 0.708. The van der Waals surface area contributed by atoms with Crippen LogP contribution in [-0.4, -0.2) is 33.8 Å². The lowest BCUT2D eigenvalue weighted by Crippen LogP contribution is -2.16. The van der Waals surface area contributed by atoms with Crippen molar-refractivity contribution in [2.45, 2.75) is 0 Å². The van der Waals surface area contributed by atoms with Gasteiger partial charge >= 0.3 is 0 Å². The Kier molecular flexibility index (Phi) is 2.34. The normalized spacial score (nSPS) is 10.5. The lowest BCUT2D eigenvalue weighted by atomic mass is 10.3. The van der Waals surface area contributed by atoms with Gasteiger partial charge < -0.3 is 10.5 Å². The van der Waals surface area contributed by atoms with Crippen molar-refractivity contribution in [2.24, 2.45) is 5.73 Å². The van der Waals surface area contributed by atoms with Crippen molar-refractivity contribution >= 4 is 11.4 Å². The third-order valence-corrected chi connectivity index (χ3v) is 2.06. The maximum absolute atomic E-state index is 11.5. The molecule has 0 amide bonds. The number of rotatable bonds is 3. The van der Waals surface area contributed by atoms with Gasteiger partial charge in [-0.1, -0.05) is 0 Å². The van der Waals surface area contributed by atoms with E-state index in [1.54, 1.807) is 10.6 Å². The molecule has 0 fully saturated rings. The van der Waals surface area contributed by atoms with Gasteiger partial charge in [0.2, 0.25) is 5.88 Å². The number of fused-ring (bicyclic) bond motifs is 1. The van der Waals surface area contributed by atoms with E-state index >= 15 is 0 Å². The summed E-state index contributed by atoms with van der Waals surface area (Å²) in [4.78, 5) is 19.5. The number of methoxy groups -OCH3 is 1. The molecule has 0 aliphatic rings. The number of ketones is 1. The second-order valence-electron chi connectivity index (χ2n) is 2.91. The van der Waals surface area contributed by atoms with Crippen molar-refractivity contribution in [3.05, 3.63) is 24.3 Å². The van der Waals surface area contributed by atoms with Crippen LogP contribution in [0.1, 0.15) is 10.5 Å². The smallest absolute Gasteiger partial charge is 0.218 e. The van der Waals surface area contributed by atoms with Gasteiger partial charge in [-0.25, -0.2) is 4.98 Å². The molecule has 0 radical (unpaired) electrons. The fourth-order valence-electron chi connectivity index (χ4n) is 1.36. The minimum Gasteiger partial charge on any atom is -0.481 e. The van der Waals surface area contributed by atoms with Crippen LogP contribution in [0.15, 0.2) is 18.6 Å². The lowest BCUT2D eigenvalue weighted by molar-refractivity contribution is 0.0995. The van der Waals surface area contributed by atoms with Crippen LogP contribution in [0.2, 0.25) is 0 Å². The highest BCUT2D eigenvalue weighted by Gasteiger charge is 2.13. The molecule has 0 saturated heterocycles. The number of Topliss-reactive ketones (excluding diaryl/α,β-unsaturated/α-hetero) is 1. The molecule has 0 aromatic carbocycles. The predicted octanol–water partition coefficient (Wildman–Crippen LogP) is -0.121. The zero-order valence-corrected chi connectivity index (χ0v) is 8.17. The van der Waals surface area contributed by atoms with Crippen molar-refractivity contribution in [1.29, 1.82) is 0 Å². The summed E-state index contributed by atoms with van der Waals surface area (Å²) < 4.78 is 6.67. The van der Waals surface area contributed by atoms with Crippen molar-refractivity contribution in [1.82, 2.24) is 14.4 Å². The van der Waals surface area contributed by atoms with Gasteiger partial charge in [0, 0.05) is 0 Å². The summed E-state index contributed by atoms with van der Waals surface area (Å²) in [6, 6.07) is 0. The van der Waals surface area contributed by atoms with Crippen molar-refractivity contribution in [3.63, 3.8) is 0 Å². The molecule has 0 aliphatic carbocycles. The minimum atomic E-state index is -0.188. The maximum Gasteiger partial charge on any atom is 0.218 e. The van der Waals surface area contributed by atoms with Crippen LogP contribution in [0.3, 0.4) is 0 Å². The molecule has 78 valence electrons. The molecular formula is C9H10N4O2. The molecule has 2 heterocycles. The highest BCUT2D eigenvalue weighted by atomic mass is 16.5. The Morgan fingerprint density at radius 1 is 1.53 bits per heavy atom. The second kappa shape index (κ2) is 3.66. The Morgan fingerprint density at radius 2 is 2.33 bits per heavy atom. The van der Waals surface area contributed by atoms with E-state index in [1.165, 1.54) is 19.5 Å². The third-order valence-electron chi connectivity index (χ3n) is 2.06. The minimum absolute atomic E-state index is 0.0563. The van der Waals surface area contributed by atoms with Gasteiger partial charge in [0.15, 0.2) is 11.4 Å². The van der Waals surface area contributed by atoms with Gasteiger partial charge in [0.05, 0.1) is 32.2 Å². The fourth-order valence-corrected chi connectivity index (χ4v) is 1.36. The second-order valence-corrected chi connectivity index (χ2v) is 2.91. The molecule has 2 aromatic rings. The van der Waals surface area contributed by atoms with E-state index in [-0.39, 0.29) is 12.3 Å². The Labute approximate surface area is 85.7 Å². The summed E-state index contributed by atoms with van der Waals surface area (Å²) in [6.45, 7) is -0.0563. The van der Waals surface area contributed by atoms with E-state index in [0.29, 0.717) is 17.2 Å². The van der Waals surface area contributed by atoms with Gasteiger partial charge in [0.25, 0.3) is 0 Å². The van der Waals surface area contributed by atoms with E-state index in [9.17, 15) is 4.79 Å². The van der Waals surface area contributed by atoms with E-state index in [0.717, 1.165) is 0 Å². The van der Waals surface area contributed by atoms with Crippen molar-refractivity contribution in [2.75, 3.05) is 13.7 Å². The summed E-state index contributed by atoms with van der Waals surface area (Å²) in [5.41, 5.74) is 6.27. The summed E-state index contributed by atoms with van der Waals surface area (Å²) in [6.07, 6.45) is 4.53. The fraction of sp³-hybridized carbons (Fsp3) is 0.222. The van der Waals surface area contributed by atoms with Crippen molar-refractivity contribution in [3.8, 4) is 5.88 Å². The first-order chi connectivity index (χ1) is 7.27. The monoisotopic (exact) mass is 206 g/mol. The molecule has 6 nitrogen and oxygen atoms in total. The molecule has 0 spiro atoms. The number of nitrogens with zero attached hydrogens (tertiary/aromatic N) is 3.